The lowest BCUT2D eigenvalue weighted by atomic mass is 10.0. The zero-order valence-corrected chi connectivity index (χ0v) is 16.4. The number of likely N-dealkylation sites (tertiary alicyclic amines) is 1. The summed E-state index contributed by atoms with van der Waals surface area (Å²) in [6.45, 7) is 1.41. The summed E-state index contributed by atoms with van der Waals surface area (Å²) in [5.41, 5.74) is 0.492. The van der Waals surface area contributed by atoms with Gasteiger partial charge in [-0.2, -0.15) is 0 Å². The van der Waals surface area contributed by atoms with Crippen LogP contribution in [0.1, 0.15) is 23.2 Å². The molecule has 1 saturated heterocycles. The molecule has 152 valence electrons. The highest BCUT2D eigenvalue weighted by Gasteiger charge is 2.24. The number of benzene rings is 2. The third-order valence-electron chi connectivity index (χ3n) is 4.78. The average molecular weight is 417 g/mol. The number of amides is 2. The van der Waals surface area contributed by atoms with E-state index in [1.54, 1.807) is 36.4 Å². The van der Waals surface area contributed by atoms with Crippen molar-refractivity contribution in [3.63, 3.8) is 0 Å². The van der Waals surface area contributed by atoms with Gasteiger partial charge in [0.2, 0.25) is 5.91 Å². The summed E-state index contributed by atoms with van der Waals surface area (Å²) in [5.74, 6) is -0.513. The molecule has 29 heavy (non-hydrogen) atoms. The molecule has 1 heterocycles. The summed E-state index contributed by atoms with van der Waals surface area (Å²) in [7, 11) is 0. The number of hydrogen-bond donors (Lipinski definition) is 2. The fourth-order valence-electron chi connectivity index (χ4n) is 3.28. The molecule has 0 radical (unpaired) electrons. The van der Waals surface area contributed by atoms with Gasteiger partial charge < -0.3 is 10.6 Å². The van der Waals surface area contributed by atoms with E-state index < -0.39 is 4.92 Å². The maximum absolute atomic E-state index is 12.4. The van der Waals surface area contributed by atoms with Crippen LogP contribution in [0.15, 0.2) is 48.5 Å². The number of piperidine rings is 1. The summed E-state index contributed by atoms with van der Waals surface area (Å²) in [6, 6.07) is 12.9. The first kappa shape index (κ1) is 20.8. The molecule has 0 bridgehead atoms. The Kier molecular flexibility index (Phi) is 6.79. The van der Waals surface area contributed by atoms with Crippen LogP contribution in [0, 0.1) is 10.1 Å². The standard InChI is InChI=1S/C20H21ClN4O4/c21-16-6-2-1-5-15(16)20(27)22-14-9-11-24(12-10-14)13-19(26)23-17-7-3-4-8-18(17)25(28)29/h1-8,14H,9-13H2,(H,22,27)(H,23,26). The Balaban J connectivity index is 1.47. The molecule has 0 atom stereocenters. The van der Waals surface area contributed by atoms with Gasteiger partial charge in [-0.1, -0.05) is 35.9 Å². The Hall–Kier alpha value is -2.97. The van der Waals surface area contributed by atoms with Gasteiger partial charge in [0.05, 0.1) is 22.1 Å². The molecular formula is C20H21ClN4O4. The fourth-order valence-corrected chi connectivity index (χ4v) is 3.50. The Bertz CT molecular complexity index is 913. The van der Waals surface area contributed by atoms with E-state index in [-0.39, 0.29) is 35.8 Å². The van der Waals surface area contributed by atoms with E-state index in [4.69, 9.17) is 11.6 Å². The number of para-hydroxylation sites is 2. The molecule has 1 aliphatic rings. The van der Waals surface area contributed by atoms with Crippen molar-refractivity contribution in [2.45, 2.75) is 18.9 Å². The third kappa shape index (κ3) is 5.52. The average Bonchev–Trinajstić information content (AvgIpc) is 2.70. The van der Waals surface area contributed by atoms with Crippen molar-refractivity contribution < 1.29 is 14.5 Å². The third-order valence-corrected chi connectivity index (χ3v) is 5.11. The molecule has 2 aromatic rings. The van der Waals surface area contributed by atoms with Crippen molar-refractivity contribution in [3.8, 4) is 0 Å². The zero-order chi connectivity index (χ0) is 20.8. The number of nitrogens with one attached hydrogen (secondary N) is 2. The molecule has 0 unspecified atom stereocenters. The Morgan fingerprint density at radius 1 is 1.10 bits per heavy atom. The number of nitro groups is 1. The minimum Gasteiger partial charge on any atom is -0.349 e. The van der Waals surface area contributed by atoms with Gasteiger partial charge in [-0.15, -0.1) is 0 Å². The molecule has 2 N–H and O–H groups in total. The molecule has 1 aliphatic heterocycles. The summed E-state index contributed by atoms with van der Waals surface area (Å²) in [5, 5.41) is 17.0. The van der Waals surface area contributed by atoms with Crippen molar-refractivity contribution in [3.05, 3.63) is 69.2 Å². The van der Waals surface area contributed by atoms with Crippen molar-refractivity contribution in [2.24, 2.45) is 0 Å². The summed E-state index contributed by atoms with van der Waals surface area (Å²) in [4.78, 5) is 37.1. The quantitative estimate of drug-likeness (QED) is 0.556. The number of halogens is 1. The molecule has 8 nitrogen and oxygen atoms in total. The number of hydrogen-bond acceptors (Lipinski definition) is 5. The van der Waals surface area contributed by atoms with Crippen LogP contribution in [0.5, 0.6) is 0 Å². The molecule has 2 amide bonds. The number of rotatable bonds is 6. The normalized spacial score (nSPS) is 14.9. The number of anilines is 1. The van der Waals surface area contributed by atoms with E-state index in [1.165, 1.54) is 12.1 Å². The summed E-state index contributed by atoms with van der Waals surface area (Å²) < 4.78 is 0. The highest BCUT2D eigenvalue weighted by atomic mass is 35.5. The van der Waals surface area contributed by atoms with Crippen molar-refractivity contribution in [2.75, 3.05) is 25.0 Å². The molecule has 0 aromatic heterocycles. The minimum atomic E-state index is -0.525. The number of nitro benzene ring substituents is 1. The topological polar surface area (TPSA) is 105 Å². The smallest absolute Gasteiger partial charge is 0.292 e. The van der Waals surface area contributed by atoms with Gasteiger partial charge in [-0.05, 0) is 31.0 Å². The first-order valence-electron chi connectivity index (χ1n) is 9.25. The Morgan fingerprint density at radius 2 is 1.76 bits per heavy atom. The second-order valence-corrected chi connectivity index (χ2v) is 7.23. The Morgan fingerprint density at radius 3 is 2.45 bits per heavy atom. The van der Waals surface area contributed by atoms with E-state index in [0.29, 0.717) is 36.5 Å². The van der Waals surface area contributed by atoms with Crippen LogP contribution in [-0.2, 0) is 4.79 Å². The van der Waals surface area contributed by atoms with E-state index in [0.717, 1.165) is 0 Å². The van der Waals surface area contributed by atoms with Crippen molar-refractivity contribution in [1.29, 1.82) is 0 Å². The molecule has 0 spiro atoms. The van der Waals surface area contributed by atoms with Crippen molar-refractivity contribution in [1.82, 2.24) is 10.2 Å². The lowest BCUT2D eigenvalue weighted by Gasteiger charge is -2.31. The van der Waals surface area contributed by atoms with Gasteiger partial charge in [0.1, 0.15) is 5.69 Å². The highest BCUT2D eigenvalue weighted by Crippen LogP contribution is 2.23. The summed E-state index contributed by atoms with van der Waals surface area (Å²) in [6.07, 6.45) is 1.41. The second-order valence-electron chi connectivity index (χ2n) is 6.83. The first-order chi connectivity index (χ1) is 13.9. The first-order valence-corrected chi connectivity index (χ1v) is 9.63. The highest BCUT2D eigenvalue weighted by molar-refractivity contribution is 6.33. The predicted octanol–water partition coefficient (Wildman–Crippen LogP) is 3.08. The van der Waals surface area contributed by atoms with Gasteiger partial charge in [-0.3, -0.25) is 24.6 Å². The van der Waals surface area contributed by atoms with Crippen LogP contribution >= 0.6 is 11.6 Å². The number of nitrogens with zero attached hydrogens (tertiary/aromatic N) is 2. The van der Waals surface area contributed by atoms with Gasteiger partial charge in [0.15, 0.2) is 0 Å². The van der Waals surface area contributed by atoms with E-state index >= 15 is 0 Å². The van der Waals surface area contributed by atoms with Crippen LogP contribution < -0.4 is 10.6 Å². The monoisotopic (exact) mass is 416 g/mol. The summed E-state index contributed by atoms with van der Waals surface area (Å²) >= 11 is 6.06. The number of carbonyl (C=O) groups excluding carboxylic acids is 2. The van der Waals surface area contributed by atoms with Gasteiger partial charge in [0.25, 0.3) is 11.6 Å². The lowest BCUT2D eigenvalue weighted by Crippen LogP contribution is -2.46. The lowest BCUT2D eigenvalue weighted by molar-refractivity contribution is -0.383. The van der Waals surface area contributed by atoms with E-state index in [2.05, 4.69) is 10.6 Å². The predicted molar refractivity (Wildman–Crippen MR) is 110 cm³/mol. The maximum Gasteiger partial charge on any atom is 0.292 e. The second kappa shape index (κ2) is 9.49. The van der Waals surface area contributed by atoms with E-state index in [9.17, 15) is 19.7 Å². The van der Waals surface area contributed by atoms with Crippen LogP contribution in [0.2, 0.25) is 5.02 Å². The van der Waals surface area contributed by atoms with E-state index in [1.807, 2.05) is 4.90 Å². The van der Waals surface area contributed by atoms with Gasteiger partial charge >= 0.3 is 0 Å². The minimum absolute atomic E-state index is 0.00768. The van der Waals surface area contributed by atoms with Crippen LogP contribution in [-0.4, -0.2) is 47.3 Å². The molecule has 1 fully saturated rings. The van der Waals surface area contributed by atoms with Gasteiger partial charge in [-0.25, -0.2) is 0 Å². The van der Waals surface area contributed by atoms with Crippen LogP contribution in [0.4, 0.5) is 11.4 Å². The van der Waals surface area contributed by atoms with Gasteiger partial charge in [0, 0.05) is 25.2 Å². The zero-order valence-electron chi connectivity index (χ0n) is 15.6. The fraction of sp³-hybridized carbons (Fsp3) is 0.300. The molecule has 0 aliphatic carbocycles. The Labute approximate surface area is 173 Å². The largest absolute Gasteiger partial charge is 0.349 e. The SMILES string of the molecule is O=C(CN1CCC(NC(=O)c2ccccc2Cl)CC1)Nc1ccccc1[N+](=O)[O-]. The molecule has 9 heteroatoms. The van der Waals surface area contributed by atoms with Crippen molar-refractivity contribution >= 4 is 34.8 Å². The molecule has 3 rings (SSSR count). The molecule has 2 aromatic carbocycles. The molecule has 0 saturated carbocycles. The molecular weight excluding hydrogens is 396 g/mol. The van der Waals surface area contributed by atoms with Crippen LogP contribution in [0.25, 0.3) is 0 Å². The number of carbonyl (C=O) groups is 2. The maximum atomic E-state index is 12.4. The van der Waals surface area contributed by atoms with Crippen LogP contribution in [0.3, 0.4) is 0 Å².